The first-order chi connectivity index (χ1) is 9.78. The highest BCUT2D eigenvalue weighted by molar-refractivity contribution is 7.66. The van der Waals surface area contributed by atoms with E-state index in [1.165, 1.54) is 0 Å². The van der Waals surface area contributed by atoms with Crippen molar-refractivity contribution in [3.63, 3.8) is 0 Å². The zero-order valence-corrected chi connectivity index (χ0v) is 13.1. The Morgan fingerprint density at radius 3 is 0.950 bits per heavy atom. The van der Waals surface area contributed by atoms with E-state index >= 15 is 0 Å². The summed E-state index contributed by atoms with van der Waals surface area (Å²) in [5, 5.41) is 34.5. The molecule has 0 aliphatic carbocycles. The van der Waals surface area contributed by atoms with Crippen LogP contribution in [0.5, 0.6) is 0 Å². The van der Waals surface area contributed by atoms with E-state index in [1.807, 2.05) is 0 Å². The van der Waals surface area contributed by atoms with E-state index in [4.69, 9.17) is 21.0 Å². The van der Waals surface area contributed by atoms with Crippen LogP contribution in [-0.2, 0) is 0 Å². The van der Waals surface area contributed by atoms with Crippen molar-refractivity contribution in [1.29, 1.82) is 21.0 Å². The van der Waals surface area contributed by atoms with Gasteiger partial charge in [-0.2, -0.15) is 21.0 Å². The van der Waals surface area contributed by atoms with Crippen molar-refractivity contribution >= 4 is 15.8 Å². The van der Waals surface area contributed by atoms with Crippen LogP contribution in [0.15, 0.2) is 0 Å². The molecule has 0 fully saturated rings. The van der Waals surface area contributed by atoms with Crippen LogP contribution >= 0.6 is 15.8 Å². The van der Waals surface area contributed by atoms with Crippen LogP contribution in [0, 0.1) is 56.6 Å². The molecule has 0 unspecified atom stereocenters. The number of hydrogen-bond acceptors (Lipinski definition) is 4. The number of nitrogens with zero attached hydrogens (tertiary/aromatic N) is 4. The normalized spacial score (nSPS) is 8.90. The predicted molar refractivity (Wildman–Crippen MR) is 82.0 cm³/mol. The van der Waals surface area contributed by atoms with Crippen LogP contribution in [0.1, 0.15) is 25.7 Å². The molecular formula is C14H16N4P2. The minimum Gasteiger partial charge on any atom is -0.198 e. The molecule has 0 aromatic heterocycles. The lowest BCUT2D eigenvalue weighted by Crippen LogP contribution is -1.89. The van der Waals surface area contributed by atoms with Gasteiger partial charge >= 0.3 is 0 Å². The summed E-state index contributed by atoms with van der Waals surface area (Å²) in [5.74, 6) is 0. The van der Waals surface area contributed by atoms with E-state index in [2.05, 4.69) is 35.6 Å². The molecule has 0 aliphatic rings. The predicted octanol–water partition coefficient (Wildman–Crippen LogP) is 3.52. The van der Waals surface area contributed by atoms with E-state index in [-0.39, 0.29) is 0 Å². The molecule has 0 spiro atoms. The molecule has 6 heteroatoms. The Labute approximate surface area is 123 Å². The topological polar surface area (TPSA) is 95.2 Å². The van der Waals surface area contributed by atoms with Gasteiger partial charge in [0.15, 0.2) is 0 Å². The summed E-state index contributed by atoms with van der Waals surface area (Å²) < 4.78 is 0. The monoisotopic (exact) mass is 302 g/mol. The third-order valence-corrected chi connectivity index (χ3v) is 6.43. The third kappa shape index (κ3) is 10.3. The summed E-state index contributed by atoms with van der Waals surface area (Å²) in [6, 6.07) is 8.46. The Balaban J connectivity index is 4.59. The van der Waals surface area contributed by atoms with Crippen LogP contribution in [0.2, 0.25) is 0 Å². The lowest BCUT2D eigenvalue weighted by Gasteiger charge is -2.09. The Bertz CT molecular complexity index is 413. The summed E-state index contributed by atoms with van der Waals surface area (Å²) in [6.45, 7) is 0. The molecule has 0 aromatic rings. The van der Waals surface area contributed by atoms with Crippen LogP contribution in [0.4, 0.5) is 0 Å². The fourth-order valence-electron chi connectivity index (χ4n) is 1.33. The SMILES string of the molecule is N#CCCP(C#CP(CCC#N)CCC#N)CCC#N. The van der Waals surface area contributed by atoms with Crippen molar-refractivity contribution in [3.8, 4) is 35.6 Å². The van der Waals surface area contributed by atoms with E-state index in [9.17, 15) is 0 Å². The number of rotatable bonds is 8. The van der Waals surface area contributed by atoms with Gasteiger partial charge in [-0.05, 0) is 40.5 Å². The maximum atomic E-state index is 8.63. The molecule has 0 aliphatic heterocycles. The fourth-order valence-corrected chi connectivity index (χ4v) is 4.83. The van der Waals surface area contributed by atoms with Crippen molar-refractivity contribution in [3.05, 3.63) is 0 Å². The van der Waals surface area contributed by atoms with Gasteiger partial charge in [-0.3, -0.25) is 0 Å². The van der Waals surface area contributed by atoms with Gasteiger partial charge in [0, 0.05) is 25.7 Å². The zero-order valence-electron chi connectivity index (χ0n) is 11.3. The molecule has 0 amide bonds. The van der Waals surface area contributed by atoms with Gasteiger partial charge in [-0.15, -0.1) is 0 Å². The van der Waals surface area contributed by atoms with Crippen LogP contribution < -0.4 is 0 Å². The summed E-state index contributed by atoms with van der Waals surface area (Å²) >= 11 is 0. The number of nitriles is 4. The largest absolute Gasteiger partial charge is 0.198 e. The molecule has 0 saturated heterocycles. The van der Waals surface area contributed by atoms with Gasteiger partial charge in [-0.1, -0.05) is 11.3 Å². The average molecular weight is 302 g/mol. The van der Waals surface area contributed by atoms with Gasteiger partial charge in [-0.25, -0.2) is 0 Å². The second kappa shape index (κ2) is 13.8. The first kappa shape index (κ1) is 18.4. The number of hydrogen-bond donors (Lipinski definition) is 0. The summed E-state index contributed by atoms with van der Waals surface area (Å²) in [5.41, 5.74) is 6.46. The van der Waals surface area contributed by atoms with Crippen LogP contribution in [0.25, 0.3) is 0 Å². The molecule has 0 radical (unpaired) electrons. The van der Waals surface area contributed by atoms with Crippen molar-refractivity contribution in [1.82, 2.24) is 0 Å². The molecule has 20 heavy (non-hydrogen) atoms. The lowest BCUT2D eigenvalue weighted by molar-refractivity contribution is 1.18. The molecular weight excluding hydrogens is 286 g/mol. The third-order valence-electron chi connectivity index (χ3n) is 2.34. The van der Waals surface area contributed by atoms with Gasteiger partial charge in [0.1, 0.15) is 0 Å². The van der Waals surface area contributed by atoms with Gasteiger partial charge in [0.2, 0.25) is 0 Å². The lowest BCUT2D eigenvalue weighted by atomic mass is 10.5. The van der Waals surface area contributed by atoms with E-state index in [0.29, 0.717) is 25.7 Å². The summed E-state index contributed by atoms with van der Waals surface area (Å²) in [4.78, 5) is 0. The molecule has 102 valence electrons. The zero-order chi connectivity index (χ0) is 15.1. The molecule has 0 saturated carbocycles. The van der Waals surface area contributed by atoms with E-state index in [1.54, 1.807) is 0 Å². The van der Waals surface area contributed by atoms with Gasteiger partial charge in [0.05, 0.1) is 24.3 Å². The minimum atomic E-state index is -0.591. The average Bonchev–Trinajstić information content (AvgIpc) is 2.48. The first-order valence-electron chi connectivity index (χ1n) is 6.27. The van der Waals surface area contributed by atoms with E-state index in [0.717, 1.165) is 24.6 Å². The summed E-state index contributed by atoms with van der Waals surface area (Å²) in [7, 11) is -1.18. The quantitative estimate of drug-likeness (QED) is 0.506. The Hall–Kier alpha value is -1.62. The highest BCUT2D eigenvalue weighted by Gasteiger charge is 2.07. The van der Waals surface area contributed by atoms with Crippen molar-refractivity contribution < 1.29 is 0 Å². The van der Waals surface area contributed by atoms with Gasteiger partial charge in [0.25, 0.3) is 0 Å². The fraction of sp³-hybridized carbons (Fsp3) is 0.571. The Morgan fingerprint density at radius 2 is 0.750 bits per heavy atom. The molecule has 0 heterocycles. The Morgan fingerprint density at radius 1 is 0.500 bits per heavy atom. The smallest absolute Gasteiger partial charge is 0.0625 e. The second-order valence-corrected chi connectivity index (χ2v) is 8.23. The highest BCUT2D eigenvalue weighted by Crippen LogP contribution is 2.40. The van der Waals surface area contributed by atoms with Crippen molar-refractivity contribution in [2.24, 2.45) is 0 Å². The minimum absolute atomic E-state index is 0.472. The molecule has 4 nitrogen and oxygen atoms in total. The van der Waals surface area contributed by atoms with Crippen LogP contribution in [-0.4, -0.2) is 24.6 Å². The maximum absolute atomic E-state index is 8.63. The molecule has 0 bridgehead atoms. The van der Waals surface area contributed by atoms with Crippen molar-refractivity contribution in [2.75, 3.05) is 24.6 Å². The second-order valence-electron chi connectivity index (χ2n) is 3.83. The van der Waals surface area contributed by atoms with Crippen LogP contribution in [0.3, 0.4) is 0 Å². The van der Waals surface area contributed by atoms with Crippen molar-refractivity contribution in [2.45, 2.75) is 25.7 Å². The first-order valence-corrected chi connectivity index (χ1v) is 9.70. The molecule has 0 atom stereocenters. The van der Waals surface area contributed by atoms with Gasteiger partial charge < -0.3 is 0 Å². The molecule has 0 rings (SSSR count). The Kier molecular flexibility index (Phi) is 12.7. The highest BCUT2D eigenvalue weighted by atomic mass is 31.1. The maximum Gasteiger partial charge on any atom is 0.0625 e. The standard InChI is InChI=1S/C14H16N4P2/c15-5-1-9-19(10-2-6-16)13-14-20(11-3-7-17)12-4-8-18/h1-4,9-12H2. The summed E-state index contributed by atoms with van der Waals surface area (Å²) in [6.07, 6.45) is 4.89. The molecule has 0 aromatic carbocycles. The molecule has 0 N–H and O–H groups in total. The van der Waals surface area contributed by atoms with E-state index < -0.39 is 15.8 Å².